The SMILES string of the molecule is Cc1cc(=O)n2nc(NCC3(c4ccc5c(c4)OCCO5)CCCC3)sc2n1. The van der Waals surface area contributed by atoms with Gasteiger partial charge in [0.25, 0.3) is 5.56 Å². The molecule has 1 N–H and O–H groups in total. The minimum Gasteiger partial charge on any atom is -0.486 e. The molecule has 0 amide bonds. The monoisotopic (exact) mass is 398 g/mol. The normalized spacial score (nSPS) is 17.8. The van der Waals surface area contributed by atoms with Gasteiger partial charge in [0, 0.05) is 23.7 Å². The Balaban J connectivity index is 1.43. The zero-order chi connectivity index (χ0) is 19.1. The average Bonchev–Trinajstić information content (AvgIpc) is 3.34. The third kappa shape index (κ3) is 3.01. The Labute approximate surface area is 166 Å². The summed E-state index contributed by atoms with van der Waals surface area (Å²) >= 11 is 1.41. The Hall–Kier alpha value is -2.61. The molecule has 2 aliphatic rings. The second-order valence-electron chi connectivity index (χ2n) is 7.54. The molecule has 0 unspecified atom stereocenters. The van der Waals surface area contributed by atoms with E-state index in [0.717, 1.165) is 36.0 Å². The van der Waals surface area contributed by atoms with E-state index in [0.29, 0.717) is 23.9 Å². The zero-order valence-corrected chi connectivity index (χ0v) is 16.6. The molecule has 1 fully saturated rings. The van der Waals surface area contributed by atoms with Crippen molar-refractivity contribution in [2.75, 3.05) is 25.1 Å². The number of aromatic nitrogens is 3. The van der Waals surface area contributed by atoms with Gasteiger partial charge in [-0.25, -0.2) is 4.98 Å². The summed E-state index contributed by atoms with van der Waals surface area (Å²) in [4.78, 5) is 17.1. The Bertz CT molecular complexity index is 1080. The number of benzene rings is 1. The van der Waals surface area contributed by atoms with E-state index >= 15 is 0 Å². The van der Waals surface area contributed by atoms with E-state index < -0.39 is 0 Å². The third-order valence-corrected chi connectivity index (χ3v) is 6.53. The molecular formula is C20H22N4O3S. The van der Waals surface area contributed by atoms with Crippen LogP contribution in [0, 0.1) is 6.92 Å². The summed E-state index contributed by atoms with van der Waals surface area (Å²) in [5.41, 5.74) is 1.87. The highest BCUT2D eigenvalue weighted by molar-refractivity contribution is 7.20. The highest BCUT2D eigenvalue weighted by Gasteiger charge is 2.36. The summed E-state index contributed by atoms with van der Waals surface area (Å²) in [5, 5.41) is 8.61. The fraction of sp³-hybridized carbons (Fsp3) is 0.450. The average molecular weight is 398 g/mol. The maximum absolute atomic E-state index is 12.1. The van der Waals surface area contributed by atoms with Gasteiger partial charge >= 0.3 is 0 Å². The van der Waals surface area contributed by atoms with Gasteiger partial charge in [0.1, 0.15) is 13.2 Å². The van der Waals surface area contributed by atoms with Crippen LogP contribution in [0.1, 0.15) is 36.9 Å². The highest BCUT2D eigenvalue weighted by Crippen LogP contribution is 2.44. The predicted molar refractivity (Wildman–Crippen MR) is 108 cm³/mol. The summed E-state index contributed by atoms with van der Waals surface area (Å²) in [7, 11) is 0. The van der Waals surface area contributed by atoms with E-state index in [2.05, 4.69) is 27.5 Å². The molecule has 7 nitrogen and oxygen atoms in total. The Morgan fingerprint density at radius 1 is 1.18 bits per heavy atom. The lowest BCUT2D eigenvalue weighted by molar-refractivity contribution is 0.171. The highest BCUT2D eigenvalue weighted by atomic mass is 32.1. The molecule has 1 aliphatic carbocycles. The fourth-order valence-corrected chi connectivity index (χ4v) is 5.08. The minimum absolute atomic E-state index is 0.0298. The molecule has 3 heterocycles. The van der Waals surface area contributed by atoms with E-state index in [1.165, 1.54) is 40.3 Å². The predicted octanol–water partition coefficient (Wildman–Crippen LogP) is 3.15. The first-order valence-corrected chi connectivity index (χ1v) is 10.5. The Morgan fingerprint density at radius 3 is 2.79 bits per heavy atom. The van der Waals surface area contributed by atoms with Crippen molar-refractivity contribution in [3.05, 3.63) is 45.9 Å². The second kappa shape index (κ2) is 6.77. The number of hydrogen-bond acceptors (Lipinski definition) is 7. The van der Waals surface area contributed by atoms with Gasteiger partial charge in [-0.3, -0.25) is 4.79 Å². The van der Waals surface area contributed by atoms with Crippen molar-refractivity contribution in [1.82, 2.24) is 14.6 Å². The van der Waals surface area contributed by atoms with Gasteiger partial charge in [-0.05, 0) is 37.5 Å². The van der Waals surface area contributed by atoms with E-state index in [1.807, 2.05) is 13.0 Å². The van der Waals surface area contributed by atoms with Gasteiger partial charge in [-0.15, -0.1) is 5.10 Å². The maximum atomic E-state index is 12.1. The number of nitrogens with one attached hydrogen (secondary N) is 1. The largest absolute Gasteiger partial charge is 0.486 e. The molecule has 0 atom stereocenters. The minimum atomic E-state index is -0.144. The quantitative estimate of drug-likeness (QED) is 0.727. The lowest BCUT2D eigenvalue weighted by atomic mass is 9.78. The van der Waals surface area contributed by atoms with E-state index in [4.69, 9.17) is 9.47 Å². The fourth-order valence-electron chi connectivity index (χ4n) is 4.23. The number of anilines is 1. The van der Waals surface area contributed by atoms with Crippen LogP contribution in [0.2, 0.25) is 0 Å². The van der Waals surface area contributed by atoms with E-state index in [9.17, 15) is 4.79 Å². The summed E-state index contributed by atoms with van der Waals surface area (Å²) in [6, 6.07) is 7.82. The van der Waals surface area contributed by atoms with Gasteiger partial charge in [0.05, 0.1) is 0 Å². The lowest BCUT2D eigenvalue weighted by Gasteiger charge is -2.31. The van der Waals surface area contributed by atoms with Crippen LogP contribution in [0.25, 0.3) is 4.96 Å². The van der Waals surface area contributed by atoms with Crippen LogP contribution in [-0.4, -0.2) is 34.4 Å². The van der Waals surface area contributed by atoms with Gasteiger partial charge in [-0.1, -0.05) is 30.2 Å². The Morgan fingerprint density at radius 2 is 1.96 bits per heavy atom. The van der Waals surface area contributed by atoms with Gasteiger partial charge in [0.2, 0.25) is 10.1 Å². The van der Waals surface area contributed by atoms with Crippen molar-refractivity contribution < 1.29 is 9.47 Å². The topological polar surface area (TPSA) is 77.8 Å². The molecule has 2 aromatic heterocycles. The molecule has 1 aromatic carbocycles. The summed E-state index contributed by atoms with van der Waals surface area (Å²) < 4.78 is 12.8. The molecule has 0 radical (unpaired) electrons. The molecule has 0 saturated heterocycles. The van der Waals surface area contributed by atoms with E-state index in [-0.39, 0.29) is 11.0 Å². The van der Waals surface area contributed by atoms with E-state index in [1.54, 1.807) is 0 Å². The van der Waals surface area contributed by atoms with Crippen LogP contribution in [0.5, 0.6) is 11.5 Å². The number of nitrogens with zero attached hydrogens (tertiary/aromatic N) is 3. The standard InChI is InChI=1S/C20H22N4O3S/c1-13-10-17(25)24-19(22-13)28-18(23-24)21-12-20(6-2-3-7-20)14-4-5-15-16(11-14)27-9-8-26-15/h4-5,10-11H,2-3,6-9,12H2,1H3,(H,21,23). The van der Waals surface area contributed by atoms with Crippen molar-refractivity contribution in [2.45, 2.75) is 38.0 Å². The van der Waals surface area contributed by atoms with Crippen molar-refractivity contribution in [1.29, 1.82) is 0 Å². The van der Waals surface area contributed by atoms with Crippen LogP contribution in [0.3, 0.4) is 0 Å². The second-order valence-corrected chi connectivity index (χ2v) is 8.49. The summed E-state index contributed by atoms with van der Waals surface area (Å²) in [6.45, 7) is 3.78. The number of fused-ring (bicyclic) bond motifs is 2. The smallest absolute Gasteiger partial charge is 0.275 e. The molecule has 5 rings (SSSR count). The van der Waals surface area contributed by atoms with Crippen LogP contribution in [0.15, 0.2) is 29.1 Å². The van der Waals surface area contributed by atoms with Gasteiger partial charge < -0.3 is 14.8 Å². The zero-order valence-electron chi connectivity index (χ0n) is 15.7. The summed E-state index contributed by atoms with van der Waals surface area (Å²) in [6.07, 6.45) is 4.63. The van der Waals surface area contributed by atoms with Crippen LogP contribution < -0.4 is 20.3 Å². The number of rotatable bonds is 4. The number of ether oxygens (including phenoxy) is 2. The van der Waals surface area contributed by atoms with Gasteiger partial charge in [-0.2, -0.15) is 4.52 Å². The van der Waals surface area contributed by atoms with Crippen molar-refractivity contribution >= 4 is 21.4 Å². The third-order valence-electron chi connectivity index (χ3n) is 5.67. The lowest BCUT2D eigenvalue weighted by Crippen LogP contribution is -2.31. The van der Waals surface area contributed by atoms with Gasteiger partial charge in [0.15, 0.2) is 11.5 Å². The summed E-state index contributed by atoms with van der Waals surface area (Å²) in [5.74, 6) is 1.66. The van der Waals surface area contributed by atoms with Crippen LogP contribution in [0.4, 0.5) is 5.13 Å². The molecule has 3 aromatic rings. The molecule has 146 valence electrons. The molecule has 1 aliphatic heterocycles. The molecule has 1 saturated carbocycles. The van der Waals surface area contributed by atoms with Crippen LogP contribution >= 0.6 is 11.3 Å². The molecular weight excluding hydrogens is 376 g/mol. The number of aryl methyl sites for hydroxylation is 1. The van der Waals surface area contributed by atoms with Crippen LogP contribution in [-0.2, 0) is 5.41 Å². The maximum Gasteiger partial charge on any atom is 0.275 e. The molecule has 0 bridgehead atoms. The van der Waals surface area contributed by atoms with Crippen molar-refractivity contribution in [3.63, 3.8) is 0 Å². The van der Waals surface area contributed by atoms with Crippen molar-refractivity contribution in [2.24, 2.45) is 0 Å². The molecule has 0 spiro atoms. The molecule has 28 heavy (non-hydrogen) atoms. The first-order chi connectivity index (χ1) is 13.6. The first-order valence-electron chi connectivity index (χ1n) is 9.65. The molecule has 8 heteroatoms. The first kappa shape index (κ1) is 17.5. The number of hydrogen-bond donors (Lipinski definition) is 1. The van der Waals surface area contributed by atoms with Crippen molar-refractivity contribution in [3.8, 4) is 11.5 Å². The Kier molecular flexibility index (Phi) is 4.23.